The second-order valence-electron chi connectivity index (χ2n) is 10.8. The van der Waals surface area contributed by atoms with Gasteiger partial charge in [0.15, 0.2) is 6.23 Å². The van der Waals surface area contributed by atoms with Gasteiger partial charge in [0.05, 0.1) is 23.1 Å². The van der Waals surface area contributed by atoms with E-state index in [2.05, 4.69) is 4.90 Å². The van der Waals surface area contributed by atoms with Crippen molar-refractivity contribution in [2.75, 3.05) is 19.6 Å². The molecule has 3 aliphatic heterocycles. The molecule has 0 saturated carbocycles. The lowest BCUT2D eigenvalue weighted by atomic mass is 9.72. The topological polar surface area (TPSA) is 53.0 Å². The molecule has 0 aliphatic carbocycles. The van der Waals surface area contributed by atoms with E-state index < -0.39 is 29.0 Å². The van der Waals surface area contributed by atoms with Crippen molar-refractivity contribution in [2.45, 2.75) is 64.1 Å². The van der Waals surface area contributed by atoms with E-state index in [0.717, 1.165) is 37.3 Å². The zero-order valence-electron chi connectivity index (χ0n) is 20.7. The van der Waals surface area contributed by atoms with Crippen LogP contribution in [0.2, 0.25) is 0 Å². The van der Waals surface area contributed by atoms with Crippen molar-refractivity contribution in [3.05, 3.63) is 65.2 Å². The van der Waals surface area contributed by atoms with Crippen LogP contribution in [0.25, 0.3) is 0 Å². The van der Waals surface area contributed by atoms with Crippen LogP contribution < -0.4 is 4.74 Å². The second kappa shape index (κ2) is 9.06. The number of rotatable bonds is 5. The molecule has 3 heterocycles. The fourth-order valence-corrected chi connectivity index (χ4v) is 6.05. The predicted octanol–water partition coefficient (Wildman–Crippen LogP) is 5.17. The molecule has 0 spiro atoms. The highest BCUT2D eigenvalue weighted by atomic mass is 19.4. The lowest BCUT2D eigenvalue weighted by molar-refractivity contribution is -0.143. The number of nitrogens with zero attached hydrogens (tertiary/aromatic N) is 2. The lowest BCUT2D eigenvalue weighted by Crippen LogP contribution is -2.46. The number of aliphatic hydroxyl groups is 1. The van der Waals surface area contributed by atoms with Crippen LogP contribution in [0.1, 0.15) is 56.2 Å². The summed E-state index contributed by atoms with van der Waals surface area (Å²) in [6.07, 6.45) is -2.47. The minimum Gasteiger partial charge on any atom is -0.470 e. The number of piperidine rings is 1. The molecule has 0 aromatic heterocycles. The summed E-state index contributed by atoms with van der Waals surface area (Å²) < 4.78 is 45.7. The monoisotopic (exact) mass is 502 g/mol. The van der Waals surface area contributed by atoms with E-state index in [1.54, 1.807) is 4.90 Å². The number of likely N-dealkylation sites (tertiary alicyclic amines) is 1. The van der Waals surface area contributed by atoms with Gasteiger partial charge in [-0.05, 0) is 55.5 Å². The summed E-state index contributed by atoms with van der Waals surface area (Å²) in [4.78, 5) is 17.6. The Morgan fingerprint density at radius 1 is 1.11 bits per heavy atom. The number of benzene rings is 2. The van der Waals surface area contributed by atoms with Crippen LogP contribution in [0.3, 0.4) is 0 Å². The number of halogens is 3. The van der Waals surface area contributed by atoms with Crippen LogP contribution in [0.15, 0.2) is 48.5 Å². The van der Waals surface area contributed by atoms with Crippen molar-refractivity contribution in [1.82, 2.24) is 9.80 Å². The van der Waals surface area contributed by atoms with Crippen LogP contribution in [0.5, 0.6) is 5.75 Å². The van der Waals surface area contributed by atoms with Crippen LogP contribution >= 0.6 is 0 Å². The van der Waals surface area contributed by atoms with E-state index >= 15 is 0 Å². The van der Waals surface area contributed by atoms with Crippen molar-refractivity contribution >= 4 is 5.91 Å². The summed E-state index contributed by atoms with van der Waals surface area (Å²) in [6.45, 7) is 6.41. The van der Waals surface area contributed by atoms with Crippen molar-refractivity contribution in [2.24, 2.45) is 11.3 Å². The minimum absolute atomic E-state index is 0.0386. The van der Waals surface area contributed by atoms with Crippen molar-refractivity contribution in [1.29, 1.82) is 0 Å². The molecule has 1 amide bonds. The molecule has 2 aromatic carbocycles. The maximum absolute atomic E-state index is 13.7. The molecule has 2 aromatic rings. The average molecular weight is 503 g/mol. The average Bonchev–Trinajstić information content (AvgIpc) is 3.14. The van der Waals surface area contributed by atoms with Crippen LogP contribution in [-0.2, 0) is 23.1 Å². The first-order chi connectivity index (χ1) is 17.0. The van der Waals surface area contributed by atoms with Gasteiger partial charge in [-0.1, -0.05) is 44.2 Å². The zero-order chi connectivity index (χ0) is 25.7. The molecule has 2 saturated heterocycles. The smallest absolute Gasteiger partial charge is 0.416 e. The molecular weight excluding hydrogens is 469 g/mol. The van der Waals surface area contributed by atoms with E-state index in [1.165, 1.54) is 6.07 Å². The van der Waals surface area contributed by atoms with Crippen molar-refractivity contribution < 1.29 is 27.8 Å². The van der Waals surface area contributed by atoms with Crippen LogP contribution in [0, 0.1) is 11.3 Å². The molecule has 5 rings (SSSR count). The third kappa shape index (κ3) is 4.39. The number of hydrogen-bond acceptors (Lipinski definition) is 4. The Hall–Kier alpha value is -2.58. The number of amides is 1. The largest absolute Gasteiger partial charge is 0.470 e. The van der Waals surface area contributed by atoms with Gasteiger partial charge in [-0.25, -0.2) is 0 Å². The van der Waals surface area contributed by atoms with E-state index in [1.807, 2.05) is 44.2 Å². The summed E-state index contributed by atoms with van der Waals surface area (Å²) >= 11 is 0. The Bertz CT molecular complexity index is 1110. The van der Waals surface area contributed by atoms with Gasteiger partial charge in [-0.15, -0.1) is 0 Å². The second-order valence-corrected chi connectivity index (χ2v) is 10.8. The Morgan fingerprint density at radius 3 is 2.44 bits per heavy atom. The standard InChI is InChI=1S/C28H33F3N2O3/c1-19(2)26(10-13-32-14-11-27(35,12-15-32)21-6-4-3-5-7-21)17-24-33(25(26)34)18-20-16-22(28(29,30)31)8-9-23(20)36-24/h3-9,16,19,24,35H,10-15,17-18H2,1-2H3. The molecule has 2 fully saturated rings. The van der Waals surface area contributed by atoms with E-state index in [9.17, 15) is 23.1 Å². The fourth-order valence-electron chi connectivity index (χ4n) is 6.05. The van der Waals surface area contributed by atoms with Gasteiger partial charge in [0.2, 0.25) is 5.91 Å². The number of hydrogen-bond donors (Lipinski definition) is 1. The number of ether oxygens (including phenoxy) is 1. The van der Waals surface area contributed by atoms with E-state index in [4.69, 9.17) is 4.74 Å². The van der Waals surface area contributed by atoms with Crippen LogP contribution in [-0.4, -0.2) is 46.7 Å². The van der Waals surface area contributed by atoms with Gasteiger partial charge >= 0.3 is 6.18 Å². The molecular formula is C28H33F3N2O3. The lowest BCUT2D eigenvalue weighted by Gasteiger charge is -2.40. The maximum Gasteiger partial charge on any atom is 0.416 e. The molecule has 2 unspecified atom stereocenters. The highest BCUT2D eigenvalue weighted by Crippen LogP contribution is 2.49. The summed E-state index contributed by atoms with van der Waals surface area (Å²) in [7, 11) is 0. The first kappa shape index (κ1) is 25.1. The summed E-state index contributed by atoms with van der Waals surface area (Å²) in [5, 5.41) is 11.1. The number of fused-ring (bicyclic) bond motifs is 2. The Kier molecular flexibility index (Phi) is 6.32. The summed E-state index contributed by atoms with van der Waals surface area (Å²) in [6, 6.07) is 13.3. The fraction of sp³-hybridized carbons (Fsp3) is 0.536. The summed E-state index contributed by atoms with van der Waals surface area (Å²) in [5.74, 6) is 0.440. The number of carbonyl (C=O) groups is 1. The zero-order valence-corrected chi connectivity index (χ0v) is 20.7. The van der Waals surface area contributed by atoms with E-state index in [0.29, 0.717) is 37.0 Å². The van der Waals surface area contributed by atoms with Crippen LogP contribution in [0.4, 0.5) is 13.2 Å². The molecule has 3 aliphatic rings. The SMILES string of the molecule is CC(C)C1(CCN2CCC(O)(c3ccccc3)CC2)CC2Oc3ccc(C(F)(F)F)cc3CN2C1=O. The Morgan fingerprint density at radius 2 is 1.81 bits per heavy atom. The molecule has 5 nitrogen and oxygen atoms in total. The maximum atomic E-state index is 13.7. The Labute approximate surface area is 209 Å². The highest BCUT2D eigenvalue weighted by Gasteiger charge is 2.55. The first-order valence-electron chi connectivity index (χ1n) is 12.7. The molecule has 194 valence electrons. The van der Waals surface area contributed by atoms with Gasteiger partial charge in [-0.3, -0.25) is 4.79 Å². The van der Waals surface area contributed by atoms with Crippen molar-refractivity contribution in [3.63, 3.8) is 0 Å². The van der Waals surface area contributed by atoms with E-state index in [-0.39, 0.29) is 18.4 Å². The van der Waals surface area contributed by atoms with Gasteiger partial charge in [0.1, 0.15) is 5.75 Å². The highest BCUT2D eigenvalue weighted by molar-refractivity contribution is 5.86. The third-order valence-corrected chi connectivity index (χ3v) is 8.54. The molecule has 0 radical (unpaired) electrons. The third-order valence-electron chi connectivity index (χ3n) is 8.54. The molecule has 8 heteroatoms. The molecule has 0 bridgehead atoms. The van der Waals surface area contributed by atoms with Gasteiger partial charge in [-0.2, -0.15) is 13.2 Å². The number of carbonyl (C=O) groups excluding carboxylic acids is 1. The summed E-state index contributed by atoms with van der Waals surface area (Å²) in [5.41, 5.74) is -0.855. The van der Waals surface area contributed by atoms with Gasteiger partial charge in [0.25, 0.3) is 0 Å². The quantitative estimate of drug-likeness (QED) is 0.613. The molecule has 36 heavy (non-hydrogen) atoms. The Balaban J connectivity index is 1.27. The predicted molar refractivity (Wildman–Crippen MR) is 129 cm³/mol. The molecule has 1 N–H and O–H groups in total. The number of alkyl halides is 3. The first-order valence-corrected chi connectivity index (χ1v) is 12.7. The molecule has 2 atom stereocenters. The minimum atomic E-state index is -4.44. The normalized spacial score (nSPS) is 26.0. The van der Waals surface area contributed by atoms with Crippen molar-refractivity contribution in [3.8, 4) is 5.75 Å². The van der Waals surface area contributed by atoms with Gasteiger partial charge < -0.3 is 19.6 Å². The van der Waals surface area contributed by atoms with Gasteiger partial charge in [0, 0.05) is 25.1 Å².